The number of rotatable bonds is 3. The molecule has 2 aromatic rings. The molecule has 0 unspecified atom stereocenters. The molecule has 6 heteroatoms. The number of ether oxygens (including phenoxy) is 1. The van der Waals surface area contributed by atoms with Gasteiger partial charge in [0.15, 0.2) is 5.78 Å². The maximum atomic E-state index is 12.4. The van der Waals surface area contributed by atoms with Crippen molar-refractivity contribution in [2.75, 3.05) is 7.11 Å². The smallest absolute Gasteiger partial charge is 0.194 e. The highest BCUT2D eigenvalue weighted by Crippen LogP contribution is 2.32. The molecule has 2 rings (SSSR count). The summed E-state index contributed by atoms with van der Waals surface area (Å²) in [5, 5.41) is 1.29. The summed E-state index contributed by atoms with van der Waals surface area (Å²) in [7, 11) is 1.47. The molecule has 2 aromatic carbocycles. The second-order valence-corrected chi connectivity index (χ2v) is 5.64. The third-order valence-corrected chi connectivity index (χ3v) is 3.66. The molecular weight excluding hydrogens is 342 g/mol. The van der Waals surface area contributed by atoms with Gasteiger partial charge in [-0.2, -0.15) is 0 Å². The van der Waals surface area contributed by atoms with E-state index in [9.17, 15) is 4.79 Å². The van der Waals surface area contributed by atoms with Crippen molar-refractivity contribution >= 4 is 52.2 Å². The third kappa shape index (κ3) is 3.21. The van der Waals surface area contributed by atoms with Crippen LogP contribution in [0.5, 0.6) is 5.75 Å². The van der Waals surface area contributed by atoms with Crippen molar-refractivity contribution in [2.24, 2.45) is 0 Å². The number of methoxy groups -OCH3 is 1. The zero-order valence-electron chi connectivity index (χ0n) is 10.2. The average molecular weight is 350 g/mol. The largest absolute Gasteiger partial charge is 0.495 e. The predicted molar refractivity (Wildman–Crippen MR) is 82.9 cm³/mol. The number of hydrogen-bond acceptors (Lipinski definition) is 2. The molecule has 2 nitrogen and oxygen atoms in total. The Morgan fingerprint density at radius 3 is 2.05 bits per heavy atom. The van der Waals surface area contributed by atoms with Crippen LogP contribution in [0.15, 0.2) is 30.3 Å². The van der Waals surface area contributed by atoms with Crippen molar-refractivity contribution in [3.63, 3.8) is 0 Å². The molecule has 20 heavy (non-hydrogen) atoms. The van der Waals surface area contributed by atoms with Gasteiger partial charge in [0.05, 0.1) is 17.2 Å². The molecule has 0 saturated heterocycles. The first-order valence-corrected chi connectivity index (χ1v) is 6.97. The molecular formula is C14H8Cl4O2. The van der Waals surface area contributed by atoms with Crippen LogP contribution in [0.1, 0.15) is 15.9 Å². The van der Waals surface area contributed by atoms with Crippen LogP contribution in [0.4, 0.5) is 0 Å². The Kier molecular flexibility index (Phi) is 4.82. The lowest BCUT2D eigenvalue weighted by molar-refractivity contribution is 0.103. The predicted octanol–water partition coefficient (Wildman–Crippen LogP) is 5.54. The Labute approximate surface area is 136 Å². The van der Waals surface area contributed by atoms with Crippen LogP contribution < -0.4 is 4.74 Å². The second-order valence-electron chi connectivity index (χ2n) is 3.95. The lowest BCUT2D eigenvalue weighted by atomic mass is 10.0. The third-order valence-electron chi connectivity index (χ3n) is 2.61. The van der Waals surface area contributed by atoms with Crippen LogP contribution in [0.25, 0.3) is 0 Å². The van der Waals surface area contributed by atoms with Crippen molar-refractivity contribution in [1.82, 2.24) is 0 Å². The van der Waals surface area contributed by atoms with E-state index in [1.54, 1.807) is 6.07 Å². The highest BCUT2D eigenvalue weighted by Gasteiger charge is 2.17. The summed E-state index contributed by atoms with van der Waals surface area (Å²) < 4.78 is 5.03. The van der Waals surface area contributed by atoms with Gasteiger partial charge in [0.1, 0.15) is 5.75 Å². The van der Waals surface area contributed by atoms with Gasteiger partial charge in [-0.15, -0.1) is 0 Å². The minimum Gasteiger partial charge on any atom is -0.495 e. The van der Waals surface area contributed by atoms with E-state index in [2.05, 4.69) is 0 Å². The van der Waals surface area contributed by atoms with Crippen LogP contribution in [-0.4, -0.2) is 12.9 Å². The fraction of sp³-hybridized carbons (Fsp3) is 0.0714. The lowest BCUT2D eigenvalue weighted by Gasteiger charge is -2.09. The molecule has 0 atom stereocenters. The molecule has 0 radical (unpaired) electrons. The highest BCUT2D eigenvalue weighted by atomic mass is 35.5. The van der Waals surface area contributed by atoms with Gasteiger partial charge in [0, 0.05) is 27.2 Å². The number of ketones is 1. The topological polar surface area (TPSA) is 26.3 Å². The normalized spacial score (nSPS) is 10.4. The van der Waals surface area contributed by atoms with Gasteiger partial charge in [-0.3, -0.25) is 4.79 Å². The summed E-state index contributed by atoms with van der Waals surface area (Å²) in [6, 6.07) is 7.53. The summed E-state index contributed by atoms with van der Waals surface area (Å²) in [4.78, 5) is 12.4. The van der Waals surface area contributed by atoms with Crippen molar-refractivity contribution < 1.29 is 9.53 Å². The first-order valence-electron chi connectivity index (χ1n) is 5.46. The number of hydrogen-bond donors (Lipinski definition) is 0. The van der Waals surface area contributed by atoms with Crippen LogP contribution in [0.3, 0.4) is 0 Å². The van der Waals surface area contributed by atoms with E-state index in [-0.39, 0.29) is 16.4 Å². The minimum atomic E-state index is -0.316. The van der Waals surface area contributed by atoms with E-state index in [1.807, 2.05) is 0 Å². The average Bonchev–Trinajstić information content (AvgIpc) is 2.39. The van der Waals surface area contributed by atoms with Crippen LogP contribution in [0, 0.1) is 0 Å². The monoisotopic (exact) mass is 348 g/mol. The molecule has 0 amide bonds. The lowest BCUT2D eigenvalue weighted by Crippen LogP contribution is -2.03. The maximum Gasteiger partial charge on any atom is 0.194 e. The van der Waals surface area contributed by atoms with Crippen LogP contribution in [-0.2, 0) is 0 Å². The molecule has 0 bridgehead atoms. The Hall–Kier alpha value is -0.930. The van der Waals surface area contributed by atoms with Gasteiger partial charge in [-0.25, -0.2) is 0 Å². The van der Waals surface area contributed by atoms with Gasteiger partial charge < -0.3 is 4.74 Å². The fourth-order valence-electron chi connectivity index (χ4n) is 1.70. The maximum absolute atomic E-state index is 12.4. The van der Waals surface area contributed by atoms with E-state index < -0.39 is 0 Å². The van der Waals surface area contributed by atoms with E-state index in [0.717, 1.165) is 0 Å². The summed E-state index contributed by atoms with van der Waals surface area (Å²) >= 11 is 23.9. The Morgan fingerprint density at radius 1 is 0.900 bits per heavy atom. The van der Waals surface area contributed by atoms with Gasteiger partial charge in [0.25, 0.3) is 0 Å². The van der Waals surface area contributed by atoms with Crippen molar-refractivity contribution in [1.29, 1.82) is 0 Å². The van der Waals surface area contributed by atoms with E-state index in [1.165, 1.54) is 31.4 Å². The molecule has 0 aliphatic heterocycles. The molecule has 0 fully saturated rings. The first kappa shape index (κ1) is 15.5. The van der Waals surface area contributed by atoms with Crippen molar-refractivity contribution in [2.45, 2.75) is 0 Å². The molecule has 104 valence electrons. The molecule has 0 spiro atoms. The van der Waals surface area contributed by atoms with Crippen LogP contribution >= 0.6 is 46.4 Å². The zero-order chi connectivity index (χ0) is 14.9. The number of carbonyl (C=O) groups is 1. The van der Waals surface area contributed by atoms with Crippen molar-refractivity contribution in [3.8, 4) is 5.75 Å². The molecule has 0 N–H and O–H groups in total. The van der Waals surface area contributed by atoms with E-state index >= 15 is 0 Å². The van der Waals surface area contributed by atoms with Gasteiger partial charge >= 0.3 is 0 Å². The van der Waals surface area contributed by atoms with E-state index in [0.29, 0.717) is 26.4 Å². The second kappa shape index (κ2) is 6.23. The standard InChI is InChI=1S/C14H8Cl4O2/c1-20-13-6-11(17)10(5-12(13)18)14(19)7-2-8(15)4-9(16)3-7/h2-6H,1H3. The molecule has 0 aliphatic carbocycles. The molecule has 0 heterocycles. The van der Waals surface area contributed by atoms with Gasteiger partial charge in [-0.1, -0.05) is 46.4 Å². The summed E-state index contributed by atoms with van der Waals surface area (Å²) in [5.74, 6) is 0.0845. The number of halogens is 4. The SMILES string of the molecule is COc1cc(Cl)c(C(=O)c2cc(Cl)cc(Cl)c2)cc1Cl. The summed E-state index contributed by atoms with van der Waals surface area (Å²) in [6.07, 6.45) is 0. The minimum absolute atomic E-state index is 0.243. The van der Waals surface area contributed by atoms with Crippen molar-refractivity contribution in [3.05, 3.63) is 61.5 Å². The molecule has 0 aliphatic rings. The van der Waals surface area contributed by atoms with Crippen LogP contribution in [0.2, 0.25) is 20.1 Å². The number of carbonyl (C=O) groups excluding carboxylic acids is 1. The van der Waals surface area contributed by atoms with Gasteiger partial charge in [-0.05, 0) is 24.3 Å². The van der Waals surface area contributed by atoms with E-state index in [4.69, 9.17) is 51.1 Å². The summed E-state index contributed by atoms with van der Waals surface area (Å²) in [5.41, 5.74) is 0.599. The highest BCUT2D eigenvalue weighted by molar-refractivity contribution is 6.38. The summed E-state index contributed by atoms with van der Waals surface area (Å²) in [6.45, 7) is 0. The Balaban J connectivity index is 2.50. The first-order chi connectivity index (χ1) is 9.42. The van der Waals surface area contributed by atoms with Gasteiger partial charge in [0.2, 0.25) is 0 Å². The fourth-order valence-corrected chi connectivity index (χ4v) is 2.71. The number of benzene rings is 2. The molecule has 0 saturated carbocycles. The quantitative estimate of drug-likeness (QED) is 0.680. The molecule has 0 aromatic heterocycles. The Morgan fingerprint density at radius 2 is 1.50 bits per heavy atom. The zero-order valence-corrected chi connectivity index (χ0v) is 13.2. The Bertz CT molecular complexity index is 663.